The molecule has 3 nitrogen and oxygen atoms in total. The van der Waals surface area contributed by atoms with E-state index in [0.717, 1.165) is 43.2 Å². The molecule has 0 aromatic heterocycles. The number of benzene rings is 2. The average molecular weight is 396 g/mol. The van der Waals surface area contributed by atoms with Gasteiger partial charge in [0.15, 0.2) is 0 Å². The number of hydrogen-bond acceptors (Lipinski definition) is 2. The van der Waals surface area contributed by atoms with Crippen molar-refractivity contribution in [3.8, 4) is 0 Å². The molecule has 3 saturated heterocycles. The fourth-order valence-corrected chi connectivity index (χ4v) is 5.55. The van der Waals surface area contributed by atoms with Crippen LogP contribution in [-0.4, -0.2) is 41.9 Å². The summed E-state index contributed by atoms with van der Waals surface area (Å²) in [6.45, 7) is 3.86. The van der Waals surface area contributed by atoms with Crippen LogP contribution in [0.4, 0.5) is 8.78 Å². The highest BCUT2D eigenvalue weighted by molar-refractivity contribution is 5.78. The van der Waals surface area contributed by atoms with Crippen LogP contribution in [0.1, 0.15) is 42.0 Å². The van der Waals surface area contributed by atoms with Gasteiger partial charge in [0.1, 0.15) is 11.6 Å². The zero-order chi connectivity index (χ0) is 20.0. The van der Waals surface area contributed by atoms with Crippen LogP contribution < -0.4 is 0 Å². The van der Waals surface area contributed by atoms with Gasteiger partial charge in [-0.15, -0.1) is 0 Å². The zero-order valence-corrected chi connectivity index (χ0v) is 16.5. The monoisotopic (exact) mass is 396 g/mol. The van der Waals surface area contributed by atoms with Crippen molar-refractivity contribution in [2.24, 2.45) is 11.8 Å². The minimum Gasteiger partial charge on any atom is -0.331 e. The molecule has 2 bridgehead atoms. The number of amides is 1. The predicted octanol–water partition coefficient (Wildman–Crippen LogP) is 4.17. The molecule has 2 aromatic rings. The Morgan fingerprint density at radius 3 is 2.52 bits per heavy atom. The van der Waals surface area contributed by atoms with Crippen molar-refractivity contribution in [3.63, 3.8) is 0 Å². The van der Waals surface area contributed by atoms with Gasteiger partial charge in [-0.2, -0.15) is 0 Å². The van der Waals surface area contributed by atoms with Crippen molar-refractivity contribution in [1.29, 1.82) is 0 Å². The molecule has 4 aliphatic heterocycles. The second kappa shape index (κ2) is 7.52. The first kappa shape index (κ1) is 18.7. The molecule has 0 aliphatic carbocycles. The molecule has 3 fully saturated rings. The maximum atomic E-state index is 14.8. The molecule has 5 heteroatoms. The highest BCUT2D eigenvalue weighted by Gasteiger charge is 2.39. The summed E-state index contributed by atoms with van der Waals surface area (Å²) in [5.74, 6) is -0.0808. The Balaban J connectivity index is 1.47. The lowest BCUT2D eigenvalue weighted by Gasteiger charge is -2.46. The minimum atomic E-state index is -0.597. The van der Waals surface area contributed by atoms with Crippen LogP contribution in [0, 0.1) is 23.5 Å². The topological polar surface area (TPSA) is 23.6 Å². The molecular formula is C24H26F2N2O. The third-order valence-corrected chi connectivity index (χ3v) is 7.09. The molecule has 2 aromatic carbocycles. The Morgan fingerprint density at radius 2 is 1.79 bits per heavy atom. The van der Waals surface area contributed by atoms with Gasteiger partial charge >= 0.3 is 0 Å². The lowest BCUT2D eigenvalue weighted by molar-refractivity contribution is -0.136. The Morgan fingerprint density at radius 1 is 1.00 bits per heavy atom. The second-order valence-electron chi connectivity index (χ2n) is 8.71. The number of nitrogens with zero attached hydrogens (tertiary/aromatic N) is 2. The highest BCUT2D eigenvalue weighted by Crippen LogP contribution is 2.39. The maximum absolute atomic E-state index is 14.8. The van der Waals surface area contributed by atoms with Crippen LogP contribution in [0.2, 0.25) is 0 Å². The lowest BCUT2D eigenvalue weighted by Crippen LogP contribution is -2.49. The van der Waals surface area contributed by atoms with E-state index in [4.69, 9.17) is 0 Å². The molecule has 0 spiro atoms. The van der Waals surface area contributed by atoms with Crippen molar-refractivity contribution in [1.82, 2.24) is 9.80 Å². The molecule has 6 rings (SSSR count). The van der Waals surface area contributed by atoms with Gasteiger partial charge in [-0.1, -0.05) is 30.3 Å². The van der Waals surface area contributed by atoms with E-state index >= 15 is 0 Å². The average Bonchev–Trinajstić information content (AvgIpc) is 2.74. The standard InChI is InChI=1S/C24H26F2N2O/c25-19-5-6-21(22(26)14-19)24-20-4-2-1-3-17(20)9-12-28(24)23(29)13-18-15-27-10-7-16(18)8-11-27/h1-6,14,16,18,24H,7-13,15H2/t18-,24-/m1/s1. The Kier molecular flexibility index (Phi) is 4.86. The first-order chi connectivity index (χ1) is 14.1. The van der Waals surface area contributed by atoms with Gasteiger partial charge in [-0.25, -0.2) is 8.78 Å². The van der Waals surface area contributed by atoms with Gasteiger partial charge in [-0.05, 0) is 61.4 Å². The fourth-order valence-electron chi connectivity index (χ4n) is 5.55. The number of piperidine rings is 3. The van der Waals surface area contributed by atoms with Crippen molar-refractivity contribution in [2.45, 2.75) is 31.7 Å². The van der Waals surface area contributed by atoms with E-state index in [1.807, 2.05) is 29.2 Å². The number of rotatable bonds is 3. The number of carbonyl (C=O) groups is 1. The largest absolute Gasteiger partial charge is 0.331 e. The van der Waals surface area contributed by atoms with E-state index in [9.17, 15) is 13.6 Å². The molecular weight excluding hydrogens is 370 g/mol. The third-order valence-electron chi connectivity index (χ3n) is 7.09. The lowest BCUT2D eigenvalue weighted by atomic mass is 9.77. The Labute approximate surface area is 170 Å². The summed E-state index contributed by atoms with van der Waals surface area (Å²) in [7, 11) is 0. The summed E-state index contributed by atoms with van der Waals surface area (Å²) < 4.78 is 28.3. The van der Waals surface area contributed by atoms with Crippen LogP contribution in [0.15, 0.2) is 42.5 Å². The minimum absolute atomic E-state index is 0.0898. The van der Waals surface area contributed by atoms with Gasteiger partial charge in [0, 0.05) is 31.1 Å². The van der Waals surface area contributed by atoms with Crippen molar-refractivity contribution >= 4 is 5.91 Å². The van der Waals surface area contributed by atoms with Crippen LogP contribution in [0.25, 0.3) is 0 Å². The zero-order valence-electron chi connectivity index (χ0n) is 16.5. The molecule has 29 heavy (non-hydrogen) atoms. The SMILES string of the molecule is O=C(C[C@@H]1CN2CCC1CC2)N1CCc2ccccc2[C@@H]1c1ccc(F)cc1F. The number of fused-ring (bicyclic) bond motifs is 4. The molecule has 4 aliphatic rings. The maximum Gasteiger partial charge on any atom is 0.223 e. The van der Waals surface area contributed by atoms with E-state index in [0.29, 0.717) is 30.4 Å². The van der Waals surface area contributed by atoms with Crippen LogP contribution in [0.3, 0.4) is 0 Å². The number of halogens is 2. The predicted molar refractivity (Wildman–Crippen MR) is 107 cm³/mol. The van der Waals surface area contributed by atoms with Gasteiger partial charge in [0.2, 0.25) is 5.91 Å². The molecule has 4 heterocycles. The molecule has 0 N–H and O–H groups in total. The van der Waals surface area contributed by atoms with Gasteiger partial charge in [0.25, 0.3) is 0 Å². The van der Waals surface area contributed by atoms with Gasteiger partial charge in [-0.3, -0.25) is 4.79 Å². The first-order valence-corrected chi connectivity index (χ1v) is 10.6. The smallest absolute Gasteiger partial charge is 0.223 e. The van der Waals surface area contributed by atoms with Gasteiger partial charge in [0.05, 0.1) is 6.04 Å². The molecule has 0 saturated carbocycles. The van der Waals surface area contributed by atoms with E-state index in [1.165, 1.54) is 25.0 Å². The summed E-state index contributed by atoms with van der Waals surface area (Å²) >= 11 is 0. The van der Waals surface area contributed by atoms with Crippen LogP contribution >= 0.6 is 0 Å². The first-order valence-electron chi connectivity index (χ1n) is 10.6. The fraction of sp³-hybridized carbons (Fsp3) is 0.458. The molecule has 152 valence electrons. The normalized spacial score (nSPS) is 28.3. The quantitative estimate of drug-likeness (QED) is 0.777. The van der Waals surface area contributed by atoms with E-state index < -0.39 is 17.7 Å². The van der Waals surface area contributed by atoms with Crippen molar-refractivity contribution in [3.05, 3.63) is 70.8 Å². The molecule has 1 amide bonds. The van der Waals surface area contributed by atoms with E-state index in [2.05, 4.69) is 4.90 Å². The Hall–Kier alpha value is -2.27. The molecule has 2 atom stereocenters. The number of hydrogen-bond donors (Lipinski definition) is 0. The molecule has 0 unspecified atom stereocenters. The van der Waals surface area contributed by atoms with Crippen LogP contribution in [-0.2, 0) is 11.2 Å². The summed E-state index contributed by atoms with van der Waals surface area (Å²) in [6, 6.07) is 11.1. The number of carbonyl (C=O) groups excluding carboxylic acids is 1. The third kappa shape index (κ3) is 3.46. The molecule has 0 radical (unpaired) electrons. The van der Waals surface area contributed by atoms with E-state index in [1.54, 1.807) is 0 Å². The summed E-state index contributed by atoms with van der Waals surface area (Å²) in [4.78, 5) is 17.7. The summed E-state index contributed by atoms with van der Waals surface area (Å²) in [6.07, 6.45) is 3.64. The second-order valence-corrected chi connectivity index (χ2v) is 8.71. The van der Waals surface area contributed by atoms with E-state index in [-0.39, 0.29) is 5.91 Å². The summed E-state index contributed by atoms with van der Waals surface area (Å²) in [5.41, 5.74) is 2.46. The highest BCUT2D eigenvalue weighted by atomic mass is 19.1. The Bertz CT molecular complexity index is 923. The van der Waals surface area contributed by atoms with Crippen molar-refractivity contribution < 1.29 is 13.6 Å². The summed E-state index contributed by atoms with van der Waals surface area (Å²) in [5, 5.41) is 0. The van der Waals surface area contributed by atoms with Crippen molar-refractivity contribution in [2.75, 3.05) is 26.2 Å². The van der Waals surface area contributed by atoms with Gasteiger partial charge < -0.3 is 9.80 Å². The van der Waals surface area contributed by atoms with Crippen LogP contribution in [0.5, 0.6) is 0 Å².